The van der Waals surface area contributed by atoms with Gasteiger partial charge in [-0.1, -0.05) is 0 Å². The van der Waals surface area contributed by atoms with Gasteiger partial charge in [-0.25, -0.2) is 4.98 Å². The van der Waals surface area contributed by atoms with Crippen LogP contribution in [0, 0.1) is 0 Å². The van der Waals surface area contributed by atoms with Gasteiger partial charge in [0.1, 0.15) is 11.4 Å². The number of halogens is 6. The molecule has 24 heavy (non-hydrogen) atoms. The standard InChI is InChI=1S/C13H12F6N4O/c1-5-3-6-8(21-22-9(6)12(14,15)16)7-4-20-10(23(5)7)11(2,24)13(17,18)19/h4-5,24H,3H2,1-2H3,(H,21,22). The highest BCUT2D eigenvalue weighted by atomic mass is 19.4. The van der Waals surface area contributed by atoms with Crippen LogP contribution in [-0.4, -0.2) is 31.0 Å². The number of nitrogens with one attached hydrogen (secondary N) is 1. The van der Waals surface area contributed by atoms with Crippen LogP contribution in [0.15, 0.2) is 6.20 Å². The summed E-state index contributed by atoms with van der Waals surface area (Å²) in [7, 11) is 0. The minimum atomic E-state index is -4.99. The molecule has 2 unspecified atom stereocenters. The highest BCUT2D eigenvalue weighted by Gasteiger charge is 2.55. The molecule has 11 heteroatoms. The van der Waals surface area contributed by atoms with Crippen molar-refractivity contribution >= 4 is 0 Å². The predicted molar refractivity (Wildman–Crippen MR) is 68.9 cm³/mol. The van der Waals surface area contributed by atoms with Crippen molar-refractivity contribution in [3.63, 3.8) is 0 Å². The van der Waals surface area contributed by atoms with Crippen molar-refractivity contribution in [2.75, 3.05) is 0 Å². The van der Waals surface area contributed by atoms with Gasteiger partial charge in [0.2, 0.25) is 5.60 Å². The van der Waals surface area contributed by atoms with Gasteiger partial charge in [0.15, 0.2) is 5.82 Å². The Bertz CT molecular complexity index is 785. The number of aromatic amines is 1. The molecule has 0 saturated carbocycles. The average molecular weight is 354 g/mol. The molecule has 3 heterocycles. The summed E-state index contributed by atoms with van der Waals surface area (Å²) in [4.78, 5) is 3.61. The number of hydrogen-bond acceptors (Lipinski definition) is 3. The van der Waals surface area contributed by atoms with Gasteiger partial charge < -0.3 is 9.67 Å². The maximum absolute atomic E-state index is 13.1. The summed E-state index contributed by atoms with van der Waals surface area (Å²) >= 11 is 0. The van der Waals surface area contributed by atoms with Crippen molar-refractivity contribution in [3.8, 4) is 11.4 Å². The van der Waals surface area contributed by atoms with E-state index < -0.39 is 35.5 Å². The lowest BCUT2D eigenvalue weighted by molar-refractivity contribution is -0.262. The van der Waals surface area contributed by atoms with Crippen molar-refractivity contribution < 1.29 is 31.4 Å². The molecule has 0 amide bonds. The first kappa shape index (κ1) is 16.8. The number of rotatable bonds is 1. The summed E-state index contributed by atoms with van der Waals surface area (Å²) in [5.74, 6) is -0.681. The molecule has 5 nitrogen and oxygen atoms in total. The van der Waals surface area contributed by atoms with E-state index in [9.17, 15) is 31.4 Å². The molecule has 2 aromatic rings. The highest BCUT2D eigenvalue weighted by molar-refractivity contribution is 5.63. The van der Waals surface area contributed by atoms with E-state index in [4.69, 9.17) is 0 Å². The summed E-state index contributed by atoms with van der Waals surface area (Å²) in [6, 6.07) is -0.766. The number of imidazole rings is 1. The molecule has 2 N–H and O–H groups in total. The molecular weight excluding hydrogens is 342 g/mol. The van der Waals surface area contributed by atoms with Crippen LogP contribution in [-0.2, 0) is 18.2 Å². The molecule has 0 saturated heterocycles. The van der Waals surface area contributed by atoms with Crippen LogP contribution >= 0.6 is 0 Å². The third-order valence-corrected chi connectivity index (χ3v) is 4.12. The topological polar surface area (TPSA) is 66.7 Å². The Morgan fingerprint density at radius 1 is 1.25 bits per heavy atom. The largest absolute Gasteiger partial charge is 0.433 e. The Hall–Kier alpha value is -2.04. The van der Waals surface area contributed by atoms with Gasteiger partial charge in [0, 0.05) is 11.6 Å². The minimum Gasteiger partial charge on any atom is -0.374 e. The zero-order valence-electron chi connectivity index (χ0n) is 12.4. The number of alkyl halides is 6. The van der Waals surface area contributed by atoms with Crippen LogP contribution in [0.4, 0.5) is 26.3 Å². The van der Waals surface area contributed by atoms with Gasteiger partial charge in [0.05, 0.1) is 11.9 Å². The highest BCUT2D eigenvalue weighted by Crippen LogP contribution is 2.45. The Kier molecular flexibility index (Phi) is 3.32. The van der Waals surface area contributed by atoms with E-state index in [0.717, 1.165) is 10.8 Å². The third-order valence-electron chi connectivity index (χ3n) is 4.12. The molecule has 2 atom stereocenters. The number of aromatic nitrogens is 4. The van der Waals surface area contributed by atoms with E-state index in [-0.39, 0.29) is 23.4 Å². The van der Waals surface area contributed by atoms with Crippen LogP contribution in [0.5, 0.6) is 0 Å². The summed E-state index contributed by atoms with van der Waals surface area (Å²) in [6.45, 7) is 2.01. The quantitative estimate of drug-likeness (QED) is 0.773. The van der Waals surface area contributed by atoms with Crippen LogP contribution < -0.4 is 0 Å². The molecular formula is C13H12F6N4O. The van der Waals surface area contributed by atoms with Gasteiger partial charge >= 0.3 is 12.4 Å². The van der Waals surface area contributed by atoms with E-state index in [0.29, 0.717) is 6.92 Å². The molecule has 2 aromatic heterocycles. The monoisotopic (exact) mass is 354 g/mol. The molecule has 0 aliphatic carbocycles. The summed E-state index contributed by atoms with van der Waals surface area (Å²) in [6.07, 6.45) is -8.84. The second kappa shape index (κ2) is 4.74. The van der Waals surface area contributed by atoms with Crippen molar-refractivity contribution in [2.45, 2.75) is 44.3 Å². The van der Waals surface area contributed by atoms with Crippen LogP contribution in [0.3, 0.4) is 0 Å². The summed E-state index contributed by atoms with van der Waals surface area (Å²) in [5.41, 5.74) is -4.51. The Labute approximate surface area is 131 Å². The van der Waals surface area contributed by atoms with E-state index in [1.165, 1.54) is 6.92 Å². The fraction of sp³-hybridized carbons (Fsp3) is 0.538. The van der Waals surface area contributed by atoms with Crippen molar-refractivity contribution in [3.05, 3.63) is 23.3 Å². The van der Waals surface area contributed by atoms with Gasteiger partial charge in [-0.2, -0.15) is 31.4 Å². The smallest absolute Gasteiger partial charge is 0.374 e. The molecule has 1 aliphatic rings. The van der Waals surface area contributed by atoms with E-state index in [1.807, 2.05) is 5.10 Å². The Balaban J connectivity index is 2.19. The lowest BCUT2D eigenvalue weighted by Gasteiger charge is -2.31. The zero-order chi connectivity index (χ0) is 18.1. The van der Waals surface area contributed by atoms with Gasteiger partial charge in [-0.15, -0.1) is 0 Å². The second-order valence-corrected chi connectivity index (χ2v) is 5.88. The van der Waals surface area contributed by atoms with Crippen LogP contribution in [0.1, 0.15) is 37.0 Å². The fourth-order valence-electron chi connectivity index (χ4n) is 2.87. The van der Waals surface area contributed by atoms with Gasteiger partial charge in [0.25, 0.3) is 0 Å². The number of nitrogens with zero attached hydrogens (tertiary/aromatic N) is 3. The van der Waals surface area contributed by atoms with Crippen molar-refractivity contribution in [2.24, 2.45) is 0 Å². The molecule has 0 radical (unpaired) electrons. The summed E-state index contributed by atoms with van der Waals surface area (Å²) in [5, 5.41) is 15.3. The SMILES string of the molecule is CC1Cc2c(n[nH]c2C(F)(F)F)-c2cnc(C(C)(O)C(F)(F)F)n21. The van der Waals surface area contributed by atoms with E-state index in [1.54, 1.807) is 0 Å². The van der Waals surface area contributed by atoms with E-state index in [2.05, 4.69) is 10.1 Å². The maximum Gasteiger partial charge on any atom is 0.433 e. The van der Waals surface area contributed by atoms with Crippen LogP contribution in [0.25, 0.3) is 11.4 Å². The molecule has 0 fully saturated rings. The second-order valence-electron chi connectivity index (χ2n) is 5.88. The number of aliphatic hydroxyl groups is 1. The number of hydrogen-bond donors (Lipinski definition) is 2. The maximum atomic E-state index is 13.1. The lowest BCUT2D eigenvalue weighted by Crippen LogP contribution is -2.42. The van der Waals surface area contributed by atoms with Gasteiger partial charge in [-0.3, -0.25) is 5.10 Å². The molecule has 0 aromatic carbocycles. The molecule has 1 aliphatic heterocycles. The lowest BCUT2D eigenvalue weighted by atomic mass is 9.97. The molecule has 132 valence electrons. The normalized spacial score (nSPS) is 20.5. The fourth-order valence-corrected chi connectivity index (χ4v) is 2.87. The van der Waals surface area contributed by atoms with Crippen molar-refractivity contribution in [1.29, 1.82) is 0 Å². The average Bonchev–Trinajstić information content (AvgIpc) is 2.99. The molecule has 3 rings (SSSR count). The predicted octanol–water partition coefficient (Wildman–Crippen LogP) is 3.18. The zero-order valence-corrected chi connectivity index (χ0v) is 12.4. The minimum absolute atomic E-state index is 0.00461. The first-order valence-corrected chi connectivity index (χ1v) is 6.87. The van der Waals surface area contributed by atoms with Gasteiger partial charge in [-0.05, 0) is 20.3 Å². The molecule has 0 spiro atoms. The summed E-state index contributed by atoms with van der Waals surface area (Å²) < 4.78 is 79.3. The Morgan fingerprint density at radius 2 is 1.88 bits per heavy atom. The first-order valence-electron chi connectivity index (χ1n) is 6.87. The molecule has 0 bridgehead atoms. The van der Waals surface area contributed by atoms with Crippen molar-refractivity contribution in [1.82, 2.24) is 19.7 Å². The van der Waals surface area contributed by atoms with Crippen LogP contribution in [0.2, 0.25) is 0 Å². The number of fused-ring (bicyclic) bond motifs is 3. The number of H-pyrrole nitrogens is 1. The third kappa shape index (κ3) is 2.21. The Morgan fingerprint density at radius 3 is 2.42 bits per heavy atom. The van der Waals surface area contributed by atoms with E-state index >= 15 is 0 Å². The first-order chi connectivity index (χ1) is 10.9.